The molecule has 24 heavy (non-hydrogen) atoms. The summed E-state index contributed by atoms with van der Waals surface area (Å²) in [7, 11) is 0. The maximum Gasteiger partial charge on any atom is 0.231 e. The number of hydrogen-bond acceptors (Lipinski definition) is 4. The molecule has 2 atom stereocenters. The molecule has 1 aliphatic heterocycles. The molecule has 0 amide bonds. The normalized spacial score (nSPS) is 21.6. The Morgan fingerprint density at radius 1 is 1.12 bits per heavy atom. The van der Waals surface area contributed by atoms with E-state index in [0.717, 1.165) is 42.1 Å². The predicted octanol–water partition coefficient (Wildman–Crippen LogP) is 4.06. The largest absolute Gasteiger partial charge is 0.454 e. The smallest absolute Gasteiger partial charge is 0.231 e. The molecule has 1 aliphatic carbocycles. The van der Waals surface area contributed by atoms with E-state index in [-0.39, 0.29) is 12.0 Å². The van der Waals surface area contributed by atoms with E-state index < -0.39 is 0 Å². The fraction of sp³-hybridized carbons (Fsp3) is 0.400. The van der Waals surface area contributed by atoms with Crippen molar-refractivity contribution in [2.45, 2.75) is 49.5 Å². The van der Waals surface area contributed by atoms with Gasteiger partial charge in [-0.1, -0.05) is 25.5 Å². The minimum atomic E-state index is 0.0980. The summed E-state index contributed by atoms with van der Waals surface area (Å²) in [5.41, 5.74) is 11.7. The summed E-state index contributed by atoms with van der Waals surface area (Å²) in [4.78, 5) is 1.03. The maximum atomic E-state index is 6.53. The van der Waals surface area contributed by atoms with Gasteiger partial charge in [0, 0.05) is 16.9 Å². The molecular weight excluding hydrogens is 318 g/mol. The van der Waals surface area contributed by atoms with E-state index in [9.17, 15) is 0 Å². The summed E-state index contributed by atoms with van der Waals surface area (Å²) in [5, 5.41) is 0. The number of ether oxygens (including phenoxy) is 2. The number of benzene rings is 2. The van der Waals surface area contributed by atoms with Crippen molar-refractivity contribution >= 4 is 12.6 Å². The Labute approximate surface area is 148 Å². The van der Waals surface area contributed by atoms with E-state index in [1.54, 1.807) is 0 Å². The lowest BCUT2D eigenvalue weighted by Gasteiger charge is -2.32. The van der Waals surface area contributed by atoms with Gasteiger partial charge in [-0.05, 0) is 59.7 Å². The van der Waals surface area contributed by atoms with E-state index in [4.69, 9.17) is 27.8 Å². The average molecular weight is 341 g/mol. The van der Waals surface area contributed by atoms with Crippen molar-refractivity contribution in [3.63, 3.8) is 0 Å². The summed E-state index contributed by atoms with van der Waals surface area (Å²) >= 11 is 4.77. The van der Waals surface area contributed by atoms with Crippen LogP contribution in [-0.4, -0.2) is 12.8 Å². The molecule has 0 saturated carbocycles. The van der Waals surface area contributed by atoms with E-state index in [1.165, 1.54) is 22.3 Å². The molecule has 0 saturated heterocycles. The second-order valence-corrected chi connectivity index (χ2v) is 7.21. The molecule has 0 spiro atoms. The topological polar surface area (TPSA) is 44.5 Å². The molecule has 1 heterocycles. The van der Waals surface area contributed by atoms with Gasteiger partial charge in [-0.3, -0.25) is 0 Å². The van der Waals surface area contributed by atoms with Crippen molar-refractivity contribution < 1.29 is 9.47 Å². The van der Waals surface area contributed by atoms with Gasteiger partial charge in [0.15, 0.2) is 11.5 Å². The standard InChI is InChI=1S/C20H23NO2S/c1-2-3-12-4-6-14(19(24)8-12)20-15-10-18-17(22-11-23-18)9-13(15)5-7-16(20)21/h4,6,8-10,16,20,24H,2-3,5,7,11,21H2,1H3. The van der Waals surface area contributed by atoms with Crippen LogP contribution in [0.1, 0.15) is 47.9 Å². The van der Waals surface area contributed by atoms with Crippen molar-refractivity contribution in [1.82, 2.24) is 0 Å². The molecule has 0 bridgehead atoms. The number of aryl methyl sites for hydroxylation is 2. The Hall–Kier alpha value is -1.65. The minimum Gasteiger partial charge on any atom is -0.454 e. The van der Waals surface area contributed by atoms with Gasteiger partial charge in [0.1, 0.15) is 0 Å². The minimum absolute atomic E-state index is 0.0980. The highest BCUT2D eigenvalue weighted by Crippen LogP contribution is 2.44. The average Bonchev–Trinajstić information content (AvgIpc) is 3.02. The van der Waals surface area contributed by atoms with Gasteiger partial charge < -0.3 is 15.2 Å². The monoisotopic (exact) mass is 341 g/mol. The summed E-state index contributed by atoms with van der Waals surface area (Å²) in [6.45, 7) is 2.50. The quantitative estimate of drug-likeness (QED) is 0.828. The van der Waals surface area contributed by atoms with Crippen molar-refractivity contribution in [2.24, 2.45) is 5.73 Å². The van der Waals surface area contributed by atoms with Crippen molar-refractivity contribution in [3.8, 4) is 11.5 Å². The lowest BCUT2D eigenvalue weighted by molar-refractivity contribution is 0.174. The second kappa shape index (κ2) is 6.34. The number of thiol groups is 1. The van der Waals surface area contributed by atoms with Crippen LogP contribution < -0.4 is 15.2 Å². The molecule has 2 unspecified atom stereocenters. The molecule has 4 rings (SSSR count). The Balaban J connectivity index is 1.78. The van der Waals surface area contributed by atoms with Crippen LogP contribution in [0.25, 0.3) is 0 Å². The third-order valence-electron chi connectivity index (χ3n) is 5.11. The Kier molecular flexibility index (Phi) is 4.19. The first kappa shape index (κ1) is 15.9. The fourth-order valence-electron chi connectivity index (χ4n) is 3.92. The predicted molar refractivity (Wildman–Crippen MR) is 98.4 cm³/mol. The second-order valence-electron chi connectivity index (χ2n) is 6.73. The molecule has 0 fully saturated rings. The summed E-state index contributed by atoms with van der Waals surface area (Å²) in [6, 6.07) is 11.0. The zero-order valence-corrected chi connectivity index (χ0v) is 14.8. The molecule has 2 aliphatic rings. The Bertz CT molecular complexity index is 774. The van der Waals surface area contributed by atoms with Crippen LogP contribution in [0.5, 0.6) is 11.5 Å². The lowest BCUT2D eigenvalue weighted by Crippen LogP contribution is -2.34. The van der Waals surface area contributed by atoms with Crippen LogP contribution in [0.2, 0.25) is 0 Å². The van der Waals surface area contributed by atoms with Crippen LogP contribution in [0.3, 0.4) is 0 Å². The maximum absolute atomic E-state index is 6.53. The number of hydrogen-bond donors (Lipinski definition) is 2. The highest BCUT2D eigenvalue weighted by atomic mass is 32.1. The number of nitrogens with two attached hydrogens (primary N) is 1. The molecule has 4 heteroatoms. The molecule has 0 radical (unpaired) electrons. The van der Waals surface area contributed by atoms with Crippen LogP contribution in [0.4, 0.5) is 0 Å². The third-order valence-corrected chi connectivity index (χ3v) is 5.50. The van der Waals surface area contributed by atoms with E-state index >= 15 is 0 Å². The lowest BCUT2D eigenvalue weighted by atomic mass is 9.75. The number of rotatable bonds is 3. The van der Waals surface area contributed by atoms with Gasteiger partial charge in [-0.2, -0.15) is 0 Å². The Morgan fingerprint density at radius 2 is 1.92 bits per heavy atom. The first-order valence-electron chi connectivity index (χ1n) is 8.67. The zero-order chi connectivity index (χ0) is 16.7. The van der Waals surface area contributed by atoms with Gasteiger partial charge in [-0.25, -0.2) is 0 Å². The van der Waals surface area contributed by atoms with Crippen LogP contribution >= 0.6 is 12.6 Å². The molecule has 126 valence electrons. The van der Waals surface area contributed by atoms with Gasteiger partial charge in [-0.15, -0.1) is 12.6 Å². The van der Waals surface area contributed by atoms with E-state index in [1.807, 2.05) is 0 Å². The fourth-order valence-corrected chi connectivity index (χ4v) is 4.30. The van der Waals surface area contributed by atoms with Gasteiger partial charge >= 0.3 is 0 Å². The van der Waals surface area contributed by atoms with Gasteiger partial charge in [0.2, 0.25) is 6.79 Å². The number of fused-ring (bicyclic) bond motifs is 2. The molecule has 3 nitrogen and oxygen atoms in total. The highest BCUT2D eigenvalue weighted by molar-refractivity contribution is 7.80. The van der Waals surface area contributed by atoms with E-state index in [2.05, 4.69) is 37.3 Å². The summed E-state index contributed by atoms with van der Waals surface area (Å²) in [6.07, 6.45) is 4.18. The SMILES string of the molecule is CCCc1ccc(C2c3cc4c(cc3CCC2N)OCO4)c(S)c1. The third kappa shape index (κ3) is 2.68. The van der Waals surface area contributed by atoms with Crippen molar-refractivity contribution in [3.05, 3.63) is 52.6 Å². The molecule has 2 aromatic carbocycles. The first-order chi connectivity index (χ1) is 11.7. The van der Waals surface area contributed by atoms with Gasteiger partial charge in [0.05, 0.1) is 0 Å². The van der Waals surface area contributed by atoms with Gasteiger partial charge in [0.25, 0.3) is 0 Å². The summed E-state index contributed by atoms with van der Waals surface area (Å²) < 4.78 is 11.1. The van der Waals surface area contributed by atoms with Crippen LogP contribution in [0.15, 0.2) is 35.2 Å². The Morgan fingerprint density at radius 3 is 2.67 bits per heavy atom. The molecule has 2 aromatic rings. The van der Waals surface area contributed by atoms with Crippen LogP contribution in [0, 0.1) is 0 Å². The van der Waals surface area contributed by atoms with Crippen molar-refractivity contribution in [1.29, 1.82) is 0 Å². The summed E-state index contributed by atoms with van der Waals surface area (Å²) in [5.74, 6) is 1.84. The first-order valence-corrected chi connectivity index (χ1v) is 9.12. The van der Waals surface area contributed by atoms with Crippen molar-refractivity contribution in [2.75, 3.05) is 6.79 Å². The van der Waals surface area contributed by atoms with Crippen LogP contribution in [-0.2, 0) is 12.8 Å². The molecule has 0 aromatic heterocycles. The highest BCUT2D eigenvalue weighted by Gasteiger charge is 2.32. The van der Waals surface area contributed by atoms with E-state index in [0.29, 0.717) is 6.79 Å². The zero-order valence-electron chi connectivity index (χ0n) is 13.9. The molecule has 2 N–H and O–H groups in total. The molecular formula is C20H23NO2S.